The number of unbranched alkanes of at least 4 members (excludes halogenated alkanes) is 16. The Morgan fingerprint density at radius 3 is 1.75 bits per heavy atom. The van der Waals surface area contributed by atoms with Crippen molar-refractivity contribution in [1.82, 2.24) is 10.6 Å². The number of carbonyl (C=O) groups excluding carboxylic acids is 3. The number of amides is 2. The van der Waals surface area contributed by atoms with Crippen molar-refractivity contribution in [2.24, 2.45) is 0 Å². The summed E-state index contributed by atoms with van der Waals surface area (Å²) in [6, 6.07) is -1.39. The lowest BCUT2D eigenvalue weighted by molar-refractivity contribution is -0.150. The quantitative estimate of drug-likeness (QED) is 0.0287. The molecule has 294 valence electrons. The van der Waals surface area contributed by atoms with Crippen molar-refractivity contribution in [3.05, 3.63) is 36.5 Å². The molecule has 4 N–H and O–H groups in total. The third-order valence-corrected chi connectivity index (χ3v) is 8.84. The van der Waals surface area contributed by atoms with E-state index in [4.69, 9.17) is 14.9 Å². The number of hydrogen-bond acceptors (Lipinski definition) is 6. The number of nitrogens with one attached hydrogen (secondary N) is 2. The van der Waals surface area contributed by atoms with Crippen molar-refractivity contribution in [2.45, 2.75) is 193 Å². The molecule has 0 rings (SSSR count). The fourth-order valence-electron chi connectivity index (χ4n) is 5.69. The molecule has 0 aliphatic carbocycles. The van der Waals surface area contributed by atoms with Gasteiger partial charge in [0.1, 0.15) is 12.1 Å². The summed E-state index contributed by atoms with van der Waals surface area (Å²) in [5, 5.41) is 22.5. The van der Waals surface area contributed by atoms with Crippen LogP contribution < -0.4 is 10.6 Å². The van der Waals surface area contributed by atoms with Crippen LogP contribution in [-0.2, 0) is 23.9 Å². The molecule has 0 aromatic carbocycles. The van der Waals surface area contributed by atoms with E-state index in [0.29, 0.717) is 12.8 Å². The molecule has 0 saturated carbocycles. The Labute approximate surface area is 310 Å². The molecule has 0 bridgehead atoms. The predicted molar refractivity (Wildman–Crippen MR) is 208 cm³/mol. The minimum absolute atomic E-state index is 0.0584. The average Bonchev–Trinajstić information content (AvgIpc) is 3.11. The van der Waals surface area contributed by atoms with Crippen molar-refractivity contribution in [1.29, 1.82) is 0 Å². The van der Waals surface area contributed by atoms with Crippen LogP contribution in [0.25, 0.3) is 0 Å². The number of hydrogen-bond donors (Lipinski definition) is 4. The van der Waals surface area contributed by atoms with Gasteiger partial charge in [-0.05, 0) is 83.5 Å². The van der Waals surface area contributed by atoms with Gasteiger partial charge in [-0.25, -0.2) is 4.79 Å². The fraction of sp³-hybridized carbons (Fsp3) is 0.762. The minimum Gasteiger partial charge on any atom is -0.480 e. The van der Waals surface area contributed by atoms with Crippen LogP contribution in [0.4, 0.5) is 0 Å². The van der Waals surface area contributed by atoms with E-state index in [-0.39, 0.29) is 30.9 Å². The standard InChI is InChI=1S/C42H74N2O7/c1-3-5-7-9-11-13-15-16-17-18-20-23-27-31-37(51-41(48)34-30-26-21-19-14-12-10-8-6-4-2)32-28-24-22-25-29-33-39(46)43-35-40(47)44-38(36-45)42(49)50/h8,10,15-16,18,20,37-38,45H,3-7,9,11-14,17,19,21-36H2,1-2H3,(H,43,46)(H,44,47)(H,49,50)/b10-8-,16-15-,20-18-. The Hall–Kier alpha value is -2.94. The number of rotatable bonds is 36. The molecule has 0 spiro atoms. The van der Waals surface area contributed by atoms with Gasteiger partial charge in [-0.1, -0.05) is 121 Å². The van der Waals surface area contributed by atoms with Gasteiger partial charge in [0.25, 0.3) is 0 Å². The highest BCUT2D eigenvalue weighted by atomic mass is 16.5. The highest BCUT2D eigenvalue weighted by Gasteiger charge is 2.19. The molecular weight excluding hydrogens is 644 g/mol. The zero-order chi connectivity index (χ0) is 37.6. The molecule has 0 aliphatic heterocycles. The number of allylic oxidation sites excluding steroid dienone is 6. The zero-order valence-corrected chi connectivity index (χ0v) is 32.4. The summed E-state index contributed by atoms with van der Waals surface area (Å²) in [7, 11) is 0. The maximum atomic E-state index is 12.7. The second kappa shape index (κ2) is 36.8. The Morgan fingerprint density at radius 2 is 1.12 bits per heavy atom. The molecule has 0 heterocycles. The highest BCUT2D eigenvalue weighted by Crippen LogP contribution is 2.17. The van der Waals surface area contributed by atoms with E-state index in [2.05, 4.69) is 60.9 Å². The first kappa shape index (κ1) is 48.1. The van der Waals surface area contributed by atoms with Gasteiger partial charge >= 0.3 is 11.9 Å². The Morgan fingerprint density at radius 1 is 0.588 bits per heavy atom. The van der Waals surface area contributed by atoms with Crippen molar-refractivity contribution >= 4 is 23.8 Å². The van der Waals surface area contributed by atoms with E-state index in [1.165, 1.54) is 57.8 Å². The van der Waals surface area contributed by atoms with Crippen molar-refractivity contribution in [3.63, 3.8) is 0 Å². The minimum atomic E-state index is -1.39. The van der Waals surface area contributed by atoms with Gasteiger partial charge in [-0.15, -0.1) is 0 Å². The summed E-state index contributed by atoms with van der Waals surface area (Å²) < 4.78 is 5.97. The van der Waals surface area contributed by atoms with Gasteiger partial charge in [0.15, 0.2) is 0 Å². The third kappa shape index (κ3) is 33.9. The largest absolute Gasteiger partial charge is 0.480 e. The molecule has 0 aromatic rings. The number of carboxylic acid groups (broad SMARTS) is 1. The number of ether oxygens (including phenoxy) is 1. The number of aliphatic hydroxyl groups is 1. The molecule has 2 amide bonds. The van der Waals surface area contributed by atoms with E-state index < -0.39 is 24.5 Å². The van der Waals surface area contributed by atoms with Crippen molar-refractivity contribution in [2.75, 3.05) is 13.2 Å². The third-order valence-electron chi connectivity index (χ3n) is 8.84. The number of esters is 1. The van der Waals surface area contributed by atoms with Gasteiger partial charge in [-0.3, -0.25) is 14.4 Å². The molecule has 0 fully saturated rings. The second-order valence-electron chi connectivity index (χ2n) is 13.7. The topological polar surface area (TPSA) is 142 Å². The van der Waals surface area contributed by atoms with Crippen LogP contribution in [-0.4, -0.2) is 59.3 Å². The molecular formula is C42H74N2O7. The first-order valence-electron chi connectivity index (χ1n) is 20.4. The van der Waals surface area contributed by atoms with Gasteiger partial charge in [0, 0.05) is 12.8 Å². The summed E-state index contributed by atoms with van der Waals surface area (Å²) in [6.45, 7) is 3.40. The lowest BCUT2D eigenvalue weighted by atomic mass is 10.0. The number of aliphatic carboxylic acids is 1. The molecule has 0 saturated heterocycles. The number of carbonyl (C=O) groups is 4. The monoisotopic (exact) mass is 719 g/mol. The molecule has 2 unspecified atom stereocenters. The predicted octanol–water partition coefficient (Wildman–Crippen LogP) is 9.43. The smallest absolute Gasteiger partial charge is 0.328 e. The first-order chi connectivity index (χ1) is 24.8. The Bertz CT molecular complexity index is 963. The van der Waals surface area contributed by atoms with Crippen LogP contribution in [0.3, 0.4) is 0 Å². The maximum absolute atomic E-state index is 12.7. The Balaban J connectivity index is 4.40. The van der Waals surface area contributed by atoms with Crippen LogP contribution in [0.1, 0.15) is 181 Å². The van der Waals surface area contributed by atoms with Crippen LogP contribution in [0.5, 0.6) is 0 Å². The SMILES string of the molecule is CCC/C=C\CCCCCCCC(=O)OC(CCC/C=C\C/C=C\CCCCCCC)CCCCCCCC(=O)NCC(=O)NC(CO)C(=O)O. The molecule has 0 aliphatic rings. The molecule has 9 nitrogen and oxygen atoms in total. The van der Waals surface area contributed by atoms with E-state index in [9.17, 15) is 19.2 Å². The van der Waals surface area contributed by atoms with Gasteiger partial charge in [0.05, 0.1) is 13.2 Å². The van der Waals surface area contributed by atoms with Crippen LogP contribution in [0, 0.1) is 0 Å². The summed E-state index contributed by atoms with van der Waals surface area (Å²) in [5.74, 6) is -2.34. The summed E-state index contributed by atoms with van der Waals surface area (Å²) >= 11 is 0. The Kier molecular flexibility index (Phi) is 34.7. The summed E-state index contributed by atoms with van der Waals surface area (Å²) in [4.78, 5) is 47.4. The van der Waals surface area contributed by atoms with E-state index in [1.807, 2.05) is 0 Å². The van der Waals surface area contributed by atoms with Crippen LogP contribution >= 0.6 is 0 Å². The fourth-order valence-corrected chi connectivity index (χ4v) is 5.69. The molecule has 0 radical (unpaired) electrons. The van der Waals surface area contributed by atoms with Crippen LogP contribution in [0.2, 0.25) is 0 Å². The molecule has 51 heavy (non-hydrogen) atoms. The molecule has 0 aromatic heterocycles. The average molecular weight is 719 g/mol. The van der Waals surface area contributed by atoms with Gasteiger partial charge < -0.3 is 25.6 Å². The first-order valence-corrected chi connectivity index (χ1v) is 20.4. The number of aliphatic hydroxyl groups excluding tert-OH is 1. The zero-order valence-electron chi connectivity index (χ0n) is 32.4. The lowest BCUT2D eigenvalue weighted by Crippen LogP contribution is -2.47. The van der Waals surface area contributed by atoms with Gasteiger partial charge in [-0.2, -0.15) is 0 Å². The van der Waals surface area contributed by atoms with E-state index >= 15 is 0 Å². The second-order valence-corrected chi connectivity index (χ2v) is 13.7. The highest BCUT2D eigenvalue weighted by molar-refractivity contribution is 5.87. The normalized spacial score (nSPS) is 12.8. The van der Waals surface area contributed by atoms with E-state index in [0.717, 1.165) is 89.9 Å². The maximum Gasteiger partial charge on any atom is 0.328 e. The number of carboxylic acids is 1. The van der Waals surface area contributed by atoms with Gasteiger partial charge in [0.2, 0.25) is 11.8 Å². The lowest BCUT2D eigenvalue weighted by Gasteiger charge is -2.18. The summed E-state index contributed by atoms with van der Waals surface area (Å²) in [5.41, 5.74) is 0. The van der Waals surface area contributed by atoms with Crippen LogP contribution in [0.15, 0.2) is 36.5 Å². The molecule has 9 heteroatoms. The summed E-state index contributed by atoms with van der Waals surface area (Å²) in [6.07, 6.45) is 40.3. The molecule has 2 atom stereocenters. The van der Waals surface area contributed by atoms with Crippen molar-refractivity contribution < 1.29 is 34.1 Å². The van der Waals surface area contributed by atoms with Crippen molar-refractivity contribution in [3.8, 4) is 0 Å². The van der Waals surface area contributed by atoms with E-state index in [1.54, 1.807) is 0 Å².